The van der Waals surface area contributed by atoms with Gasteiger partial charge < -0.3 is 27.8 Å². The molecule has 107 heavy (non-hydrogen) atoms. The van der Waals surface area contributed by atoms with Crippen LogP contribution in [0, 0.1) is 0 Å². The van der Waals surface area contributed by atoms with Crippen LogP contribution in [0.4, 0.5) is 34.1 Å². The van der Waals surface area contributed by atoms with Crippen molar-refractivity contribution in [2.45, 2.75) is 105 Å². The maximum atomic E-state index is 9.70. The number of hydrogen-bond acceptors (Lipinski definition) is 4. The molecular weight excluding hydrogens is 1300 g/mol. The highest BCUT2D eigenvalue weighted by Crippen LogP contribution is 2.54. The summed E-state index contributed by atoms with van der Waals surface area (Å²) in [5.41, 5.74) is 26.5. The summed E-state index contributed by atoms with van der Waals surface area (Å²) in [7, 11) is 0. The Morgan fingerprint density at radius 1 is 0.280 bits per heavy atom. The quantitative estimate of drug-likeness (QED) is 0.149. The minimum Gasteiger partial charge on any atom is -0.456 e. The van der Waals surface area contributed by atoms with E-state index in [1.54, 1.807) is 0 Å². The highest BCUT2D eigenvalue weighted by molar-refractivity contribution is 7.00. The fraction of sp³-hybridized carbons (Fsp3) is 0.160. The zero-order valence-corrected chi connectivity index (χ0v) is 62.4. The molecule has 18 aromatic rings. The van der Waals surface area contributed by atoms with Crippen molar-refractivity contribution in [1.82, 2.24) is 9.13 Å². The molecule has 0 unspecified atom stereocenters. The van der Waals surface area contributed by atoms with E-state index in [0.29, 0.717) is 11.1 Å². The summed E-state index contributed by atoms with van der Waals surface area (Å²) in [5, 5.41) is 8.43. The predicted molar refractivity (Wildman–Crippen MR) is 455 cm³/mol. The number of anilines is 6. The van der Waals surface area contributed by atoms with Crippen molar-refractivity contribution in [2.24, 2.45) is 0 Å². The molecule has 0 atom stereocenters. The van der Waals surface area contributed by atoms with E-state index in [1.165, 1.54) is 33.0 Å². The van der Waals surface area contributed by atoms with Gasteiger partial charge in [0, 0.05) is 60.8 Å². The van der Waals surface area contributed by atoms with Crippen LogP contribution in [0.3, 0.4) is 0 Å². The minimum atomic E-state index is -0.494. The van der Waals surface area contributed by atoms with Gasteiger partial charge in [0.2, 0.25) is 0 Å². The molecule has 6 nitrogen and oxygen atoms in total. The Balaban J connectivity index is 0.994. The maximum absolute atomic E-state index is 9.70. The van der Waals surface area contributed by atoms with E-state index >= 15 is 0 Å². The molecule has 0 amide bonds. The molecule has 7 heteroatoms. The molecule has 0 saturated carbocycles. The Labute approximate surface area is 632 Å². The summed E-state index contributed by atoms with van der Waals surface area (Å²) in [4.78, 5) is 4.98. The first-order chi connectivity index (χ1) is 53.6. The molecule has 2 aliphatic rings. The molecule has 0 bridgehead atoms. The topological polar surface area (TPSA) is 42.6 Å². The molecule has 0 aliphatic carbocycles. The van der Waals surface area contributed by atoms with Gasteiger partial charge in [-0.2, -0.15) is 0 Å². The van der Waals surface area contributed by atoms with E-state index in [1.807, 2.05) is 24.3 Å². The standard InChI is InChI=1S/C100H83BN4O2/c1-97(2,3)66-37-44-80-74(53-66)75-54-67(98(4,5)6)38-45-81(75)102(80)70-41-43-79-85(57-70)105(87-50-65(62-30-20-15-21-31-62)52-93-95(87)73-33-23-25-35-91(73)107-93)89-59-71(103-82-46-39-68(99(7,8)9)55-76(82)77-56-69(100(10,11)12)40-47-83(77)103)58-88-96(89)101(79)78-42-36-63(60-26-16-13-17-27-60)48-84(78)104(88)86-49-64(61-28-18-14-19-29-61)51-92-94(86)72-32-22-24-34-90(72)106-92/h13-59H,1-12H3/i13D,16D,17D,26D,27D. The van der Waals surface area contributed by atoms with Gasteiger partial charge in [-0.25, -0.2) is 0 Å². The van der Waals surface area contributed by atoms with Crippen molar-refractivity contribution >= 4 is 145 Å². The third-order valence-electron chi connectivity index (χ3n) is 23.0. The first kappa shape index (κ1) is 59.2. The van der Waals surface area contributed by atoms with Crippen LogP contribution in [-0.2, 0) is 21.7 Å². The summed E-state index contributed by atoms with van der Waals surface area (Å²) in [6.45, 7) is 27.0. The van der Waals surface area contributed by atoms with Crippen molar-refractivity contribution in [3.8, 4) is 44.8 Å². The molecule has 14 aromatic carbocycles. The lowest BCUT2D eigenvalue weighted by Crippen LogP contribution is -2.61. The largest absolute Gasteiger partial charge is 0.456 e. The number of rotatable bonds is 7. The van der Waals surface area contributed by atoms with Crippen LogP contribution < -0.4 is 26.2 Å². The number of hydrogen-bond donors (Lipinski definition) is 0. The molecule has 0 saturated heterocycles. The Hall–Kier alpha value is -12.1. The molecule has 6 heterocycles. The van der Waals surface area contributed by atoms with Crippen LogP contribution in [0.15, 0.2) is 294 Å². The third kappa shape index (κ3) is 10.1. The summed E-state index contributed by atoms with van der Waals surface area (Å²) in [6, 6.07) is 91.5. The van der Waals surface area contributed by atoms with Gasteiger partial charge in [-0.3, -0.25) is 0 Å². The molecule has 2 aliphatic heterocycles. The number of furan rings is 2. The molecular formula is C100H83BN4O2. The molecule has 0 spiro atoms. The Bertz CT molecular complexity index is 6910. The van der Waals surface area contributed by atoms with E-state index in [0.717, 1.165) is 155 Å². The summed E-state index contributed by atoms with van der Waals surface area (Å²) in [6.07, 6.45) is 0. The SMILES string of the molecule is [2H]c1c([2H])c([2H])c(-c2ccc3c(c2)N(c2cc(-c4ccccc4)cc4oc5ccccc5c24)c2cc(-n4c5ccc(C(C)(C)C)cc5c5cc(C(C)(C)C)ccc54)cc4c2B3c2ccc(-n3c5ccc(C(C)(C)C)cc5c5cc(C(C)(C)C)ccc53)cc2N4c2cc(-c3ccccc3)cc3oc4ccccc4c23)c([2H])c1[2H]. The number of benzene rings is 14. The van der Waals surface area contributed by atoms with Gasteiger partial charge >= 0.3 is 0 Å². The second kappa shape index (κ2) is 23.2. The number of fused-ring (bicyclic) bond motifs is 16. The third-order valence-corrected chi connectivity index (χ3v) is 23.0. The lowest BCUT2D eigenvalue weighted by molar-refractivity contribution is 0.590. The second-order valence-corrected chi connectivity index (χ2v) is 33.8. The van der Waals surface area contributed by atoms with Crippen LogP contribution in [0.2, 0.25) is 0 Å². The van der Waals surface area contributed by atoms with Crippen molar-refractivity contribution in [3.63, 3.8) is 0 Å². The van der Waals surface area contributed by atoms with Crippen LogP contribution in [-0.4, -0.2) is 15.8 Å². The summed E-state index contributed by atoms with van der Waals surface area (Å²) >= 11 is 0. The highest BCUT2D eigenvalue weighted by atomic mass is 16.3. The van der Waals surface area contributed by atoms with Crippen molar-refractivity contribution in [1.29, 1.82) is 0 Å². The number of nitrogens with zero attached hydrogens (tertiary/aromatic N) is 4. The molecule has 20 rings (SSSR count). The smallest absolute Gasteiger partial charge is 0.252 e. The molecule has 0 N–H and O–H groups in total. The highest BCUT2D eigenvalue weighted by Gasteiger charge is 2.46. The van der Waals surface area contributed by atoms with Gasteiger partial charge in [0.05, 0.1) is 56.8 Å². The second-order valence-electron chi connectivity index (χ2n) is 33.8. The average molecular weight is 1390 g/mol. The van der Waals surface area contributed by atoms with Gasteiger partial charge in [0.25, 0.3) is 6.71 Å². The van der Waals surface area contributed by atoms with E-state index in [2.05, 4.69) is 333 Å². The van der Waals surface area contributed by atoms with E-state index in [4.69, 9.17) is 10.2 Å². The van der Waals surface area contributed by atoms with Crippen molar-refractivity contribution in [2.75, 3.05) is 9.80 Å². The lowest BCUT2D eigenvalue weighted by atomic mass is 9.33. The fourth-order valence-corrected chi connectivity index (χ4v) is 17.4. The van der Waals surface area contributed by atoms with E-state index in [9.17, 15) is 5.48 Å². The number of para-hydroxylation sites is 2. The summed E-state index contributed by atoms with van der Waals surface area (Å²) in [5.74, 6) is 0. The van der Waals surface area contributed by atoms with Gasteiger partial charge in [-0.1, -0.05) is 253 Å². The van der Waals surface area contributed by atoms with Crippen LogP contribution in [0.5, 0.6) is 0 Å². The summed E-state index contributed by atoms with van der Waals surface area (Å²) < 4.78 is 65.9. The fourth-order valence-electron chi connectivity index (χ4n) is 17.4. The van der Waals surface area contributed by atoms with Gasteiger partial charge in [0.1, 0.15) is 22.3 Å². The monoisotopic (exact) mass is 1390 g/mol. The lowest BCUT2D eigenvalue weighted by Gasteiger charge is -2.45. The van der Waals surface area contributed by atoms with Gasteiger partial charge in [-0.15, -0.1) is 0 Å². The van der Waals surface area contributed by atoms with Gasteiger partial charge in [-0.05, 0) is 209 Å². The normalized spacial score (nSPS) is 14.0. The van der Waals surface area contributed by atoms with Gasteiger partial charge in [0.15, 0.2) is 0 Å². The van der Waals surface area contributed by atoms with E-state index < -0.39 is 24.8 Å². The predicted octanol–water partition coefficient (Wildman–Crippen LogP) is 26.0. The van der Waals surface area contributed by atoms with E-state index in [-0.39, 0.29) is 39.3 Å². The van der Waals surface area contributed by atoms with Crippen molar-refractivity contribution < 1.29 is 15.7 Å². The molecule has 518 valence electrons. The van der Waals surface area contributed by atoms with Crippen LogP contribution >= 0.6 is 0 Å². The number of aromatic nitrogens is 2. The maximum Gasteiger partial charge on any atom is 0.252 e. The zero-order chi connectivity index (χ0) is 77.2. The Morgan fingerprint density at radius 2 is 0.654 bits per heavy atom. The van der Waals surface area contributed by atoms with Crippen molar-refractivity contribution in [3.05, 3.63) is 307 Å². The Kier molecular flexibility index (Phi) is 12.9. The minimum absolute atomic E-state index is 0.116. The van der Waals surface area contributed by atoms with Crippen LogP contribution in [0.1, 0.15) is 112 Å². The molecule has 4 aromatic heterocycles. The Morgan fingerprint density at radius 3 is 1.08 bits per heavy atom. The first-order valence-electron chi connectivity index (χ1n) is 40.0. The molecule has 0 fully saturated rings. The first-order valence-corrected chi connectivity index (χ1v) is 37.5. The van der Waals surface area contributed by atoms with Crippen LogP contribution in [0.25, 0.3) is 132 Å². The zero-order valence-electron chi connectivity index (χ0n) is 67.4. The molecule has 0 radical (unpaired) electrons. The average Bonchev–Trinajstić information content (AvgIpc) is 0.977.